The molecular formula is C19H28O2. The quantitative estimate of drug-likeness (QED) is 0.727. The van der Waals surface area contributed by atoms with Gasteiger partial charge in [-0.05, 0) is 50.0 Å². The second kappa shape index (κ2) is 6.31. The fourth-order valence-electron chi connectivity index (χ4n) is 3.20. The van der Waals surface area contributed by atoms with Gasteiger partial charge in [-0.15, -0.1) is 0 Å². The molecule has 0 bridgehead atoms. The molecule has 0 saturated heterocycles. The summed E-state index contributed by atoms with van der Waals surface area (Å²) in [6, 6.07) is 8.03. The smallest absolute Gasteiger partial charge is 0.194 e. The van der Waals surface area contributed by atoms with Gasteiger partial charge in [0, 0.05) is 12.2 Å². The normalized spacial score (nSPS) is 20.2. The number of ketones is 1. The van der Waals surface area contributed by atoms with Crippen LogP contribution in [0.4, 0.5) is 0 Å². The standard InChI is InChI=1S/C19H28O2/c1-5-15-7-9-16(10-8-15)17(20)19(21-6-2)13-11-18(3,4)12-14-19/h7-10H,5-6,11-14H2,1-4H3. The number of Topliss-reactive ketones (excluding diaryl/α,β-unsaturated/α-hetero) is 1. The van der Waals surface area contributed by atoms with Gasteiger partial charge in [0.25, 0.3) is 0 Å². The Balaban J connectivity index is 2.23. The van der Waals surface area contributed by atoms with Crippen molar-refractivity contribution in [2.75, 3.05) is 6.61 Å². The monoisotopic (exact) mass is 288 g/mol. The molecule has 1 fully saturated rings. The van der Waals surface area contributed by atoms with Crippen molar-refractivity contribution in [3.63, 3.8) is 0 Å². The molecule has 0 radical (unpaired) electrons. The van der Waals surface area contributed by atoms with E-state index in [9.17, 15) is 4.79 Å². The number of rotatable bonds is 5. The van der Waals surface area contributed by atoms with Crippen molar-refractivity contribution >= 4 is 5.78 Å². The van der Waals surface area contributed by atoms with Crippen LogP contribution >= 0.6 is 0 Å². The fraction of sp³-hybridized carbons (Fsp3) is 0.632. The molecule has 0 aliphatic heterocycles. The van der Waals surface area contributed by atoms with Gasteiger partial charge >= 0.3 is 0 Å². The molecular weight excluding hydrogens is 260 g/mol. The summed E-state index contributed by atoms with van der Waals surface area (Å²) in [5.41, 5.74) is 1.78. The third kappa shape index (κ3) is 3.55. The number of benzene rings is 1. The average molecular weight is 288 g/mol. The van der Waals surface area contributed by atoms with Gasteiger partial charge in [-0.1, -0.05) is 45.0 Å². The maximum atomic E-state index is 13.0. The Hall–Kier alpha value is -1.15. The van der Waals surface area contributed by atoms with Crippen LogP contribution in [0.3, 0.4) is 0 Å². The van der Waals surface area contributed by atoms with E-state index in [1.54, 1.807) is 0 Å². The molecule has 0 amide bonds. The van der Waals surface area contributed by atoms with Gasteiger partial charge in [0.2, 0.25) is 0 Å². The van der Waals surface area contributed by atoms with Crippen LogP contribution < -0.4 is 0 Å². The summed E-state index contributed by atoms with van der Waals surface area (Å²) < 4.78 is 5.99. The van der Waals surface area contributed by atoms with Crippen molar-refractivity contribution in [2.24, 2.45) is 5.41 Å². The molecule has 0 spiro atoms. The Morgan fingerprint density at radius 2 is 1.62 bits per heavy atom. The van der Waals surface area contributed by atoms with Crippen molar-refractivity contribution < 1.29 is 9.53 Å². The van der Waals surface area contributed by atoms with Crippen LogP contribution in [0.2, 0.25) is 0 Å². The van der Waals surface area contributed by atoms with E-state index in [0.717, 1.165) is 37.7 Å². The van der Waals surface area contributed by atoms with Crippen molar-refractivity contribution in [2.45, 2.75) is 65.4 Å². The zero-order valence-corrected chi connectivity index (χ0v) is 13.9. The molecule has 21 heavy (non-hydrogen) atoms. The van der Waals surface area contributed by atoms with Crippen molar-refractivity contribution in [3.8, 4) is 0 Å². The molecule has 2 heteroatoms. The van der Waals surface area contributed by atoms with Gasteiger partial charge in [0.15, 0.2) is 5.78 Å². The highest BCUT2D eigenvalue weighted by Gasteiger charge is 2.44. The maximum absolute atomic E-state index is 13.0. The average Bonchev–Trinajstić information content (AvgIpc) is 2.49. The first kappa shape index (κ1) is 16.2. The van der Waals surface area contributed by atoms with E-state index in [1.807, 2.05) is 19.1 Å². The SMILES string of the molecule is CCOC1(C(=O)c2ccc(CC)cc2)CCC(C)(C)CC1. The van der Waals surface area contributed by atoms with Gasteiger partial charge in [-0.2, -0.15) is 0 Å². The fourth-order valence-corrected chi connectivity index (χ4v) is 3.20. The molecule has 0 aromatic heterocycles. The molecule has 1 aromatic carbocycles. The second-order valence-corrected chi connectivity index (χ2v) is 6.97. The Bertz CT molecular complexity index is 475. The molecule has 0 heterocycles. The molecule has 1 aliphatic rings. The third-order valence-electron chi connectivity index (χ3n) is 4.87. The van der Waals surface area contributed by atoms with Gasteiger partial charge in [0.05, 0.1) is 0 Å². The molecule has 0 unspecified atom stereocenters. The van der Waals surface area contributed by atoms with E-state index in [-0.39, 0.29) is 5.78 Å². The number of hydrogen-bond acceptors (Lipinski definition) is 2. The van der Waals surface area contributed by atoms with E-state index in [4.69, 9.17) is 4.74 Å². The summed E-state index contributed by atoms with van der Waals surface area (Å²) in [6.07, 6.45) is 4.77. The number of carbonyl (C=O) groups excluding carboxylic acids is 1. The lowest BCUT2D eigenvalue weighted by Crippen LogP contribution is -2.46. The predicted molar refractivity (Wildman–Crippen MR) is 86.8 cm³/mol. The summed E-state index contributed by atoms with van der Waals surface area (Å²) in [6.45, 7) is 9.27. The number of carbonyl (C=O) groups is 1. The first-order valence-electron chi connectivity index (χ1n) is 8.20. The van der Waals surface area contributed by atoms with Gasteiger partial charge < -0.3 is 4.74 Å². The van der Waals surface area contributed by atoms with Crippen molar-refractivity contribution in [1.29, 1.82) is 0 Å². The Morgan fingerprint density at radius 1 is 1.05 bits per heavy atom. The number of aryl methyl sites for hydroxylation is 1. The van der Waals surface area contributed by atoms with E-state index >= 15 is 0 Å². The van der Waals surface area contributed by atoms with Crippen LogP contribution in [0.5, 0.6) is 0 Å². The molecule has 116 valence electrons. The second-order valence-electron chi connectivity index (χ2n) is 6.97. The minimum absolute atomic E-state index is 0.169. The first-order valence-corrected chi connectivity index (χ1v) is 8.20. The molecule has 2 nitrogen and oxygen atoms in total. The molecule has 1 aromatic rings. The van der Waals surface area contributed by atoms with Gasteiger partial charge in [-0.25, -0.2) is 0 Å². The first-order chi connectivity index (χ1) is 9.92. The number of ether oxygens (including phenoxy) is 1. The molecule has 1 aliphatic carbocycles. The molecule has 0 N–H and O–H groups in total. The molecule has 0 atom stereocenters. The summed E-state index contributed by atoms with van der Waals surface area (Å²) in [7, 11) is 0. The summed E-state index contributed by atoms with van der Waals surface area (Å²) >= 11 is 0. The largest absolute Gasteiger partial charge is 0.367 e. The van der Waals surface area contributed by atoms with E-state index in [2.05, 4.69) is 32.9 Å². The number of hydrogen-bond donors (Lipinski definition) is 0. The topological polar surface area (TPSA) is 26.3 Å². The zero-order chi connectivity index (χ0) is 15.5. The predicted octanol–water partition coefficient (Wildman–Crippen LogP) is 4.81. The Kier molecular flexibility index (Phi) is 4.88. The Labute approximate surface area is 128 Å². The lowest BCUT2D eigenvalue weighted by atomic mass is 9.68. The van der Waals surface area contributed by atoms with E-state index < -0.39 is 5.60 Å². The maximum Gasteiger partial charge on any atom is 0.194 e. The van der Waals surface area contributed by atoms with E-state index in [1.165, 1.54) is 5.56 Å². The molecule has 2 rings (SSSR count). The zero-order valence-electron chi connectivity index (χ0n) is 13.9. The summed E-state index contributed by atoms with van der Waals surface area (Å²) in [5, 5.41) is 0. The van der Waals surface area contributed by atoms with Gasteiger partial charge in [0.1, 0.15) is 5.60 Å². The van der Waals surface area contributed by atoms with Crippen LogP contribution in [-0.2, 0) is 11.2 Å². The lowest BCUT2D eigenvalue weighted by molar-refractivity contribution is -0.0580. The highest BCUT2D eigenvalue weighted by atomic mass is 16.5. The minimum atomic E-state index is -0.599. The van der Waals surface area contributed by atoms with Crippen LogP contribution in [0, 0.1) is 5.41 Å². The highest BCUT2D eigenvalue weighted by molar-refractivity contribution is 6.02. The van der Waals surface area contributed by atoms with E-state index in [0.29, 0.717) is 12.0 Å². The minimum Gasteiger partial charge on any atom is -0.367 e. The summed E-state index contributed by atoms with van der Waals surface area (Å²) in [4.78, 5) is 13.0. The van der Waals surface area contributed by atoms with Crippen LogP contribution in [0.1, 0.15) is 69.3 Å². The van der Waals surface area contributed by atoms with Crippen LogP contribution in [0.25, 0.3) is 0 Å². The van der Waals surface area contributed by atoms with Crippen molar-refractivity contribution in [1.82, 2.24) is 0 Å². The summed E-state index contributed by atoms with van der Waals surface area (Å²) in [5.74, 6) is 0.169. The molecule has 1 saturated carbocycles. The van der Waals surface area contributed by atoms with Gasteiger partial charge in [-0.3, -0.25) is 4.79 Å². The lowest BCUT2D eigenvalue weighted by Gasteiger charge is -2.42. The third-order valence-corrected chi connectivity index (χ3v) is 4.87. The van der Waals surface area contributed by atoms with Crippen molar-refractivity contribution in [3.05, 3.63) is 35.4 Å². The Morgan fingerprint density at radius 3 is 2.10 bits per heavy atom. The highest BCUT2D eigenvalue weighted by Crippen LogP contribution is 2.43. The van der Waals surface area contributed by atoms with Crippen LogP contribution in [0.15, 0.2) is 24.3 Å². The van der Waals surface area contributed by atoms with Crippen LogP contribution in [-0.4, -0.2) is 18.0 Å².